The molecule has 1 aliphatic rings. The number of likely N-dealkylation sites (N-methyl/N-ethyl adjacent to an activating group) is 1. The van der Waals surface area contributed by atoms with Gasteiger partial charge in [-0.15, -0.1) is 11.3 Å². The molecule has 2 heterocycles. The Kier molecular flexibility index (Phi) is 2.95. The van der Waals surface area contributed by atoms with Gasteiger partial charge in [0.1, 0.15) is 0 Å². The van der Waals surface area contributed by atoms with Gasteiger partial charge in [0.25, 0.3) is 0 Å². The molecule has 17 heavy (non-hydrogen) atoms. The summed E-state index contributed by atoms with van der Waals surface area (Å²) in [5.74, 6) is 0.466. The second kappa shape index (κ2) is 4.45. The summed E-state index contributed by atoms with van der Waals surface area (Å²) in [7, 11) is 2.17. The fourth-order valence-electron chi connectivity index (χ4n) is 2.52. The third-order valence-corrected chi connectivity index (χ3v) is 4.56. The summed E-state index contributed by atoms with van der Waals surface area (Å²) in [6.07, 6.45) is 0. The van der Waals surface area contributed by atoms with E-state index >= 15 is 0 Å². The van der Waals surface area contributed by atoms with Crippen molar-refractivity contribution in [1.29, 1.82) is 0 Å². The highest BCUT2D eigenvalue weighted by Gasteiger charge is 2.26. The summed E-state index contributed by atoms with van der Waals surface area (Å²) >= 11 is 7.87. The molecule has 0 saturated heterocycles. The van der Waals surface area contributed by atoms with Gasteiger partial charge in [0, 0.05) is 23.9 Å². The summed E-state index contributed by atoms with van der Waals surface area (Å²) in [4.78, 5) is 3.78. The van der Waals surface area contributed by atoms with Crippen LogP contribution in [0.25, 0.3) is 0 Å². The molecular formula is C14H14ClNS. The van der Waals surface area contributed by atoms with Crippen LogP contribution >= 0.6 is 22.9 Å². The fraction of sp³-hybridized carbons (Fsp3) is 0.286. The average Bonchev–Trinajstić information content (AvgIpc) is 2.69. The molecule has 3 rings (SSSR count). The molecule has 1 aliphatic heterocycles. The normalized spacial score (nSPS) is 20.2. The van der Waals surface area contributed by atoms with Crippen LogP contribution in [0.5, 0.6) is 0 Å². The largest absolute Gasteiger partial charge is 0.300 e. The maximum absolute atomic E-state index is 6.15. The highest BCUT2D eigenvalue weighted by Crippen LogP contribution is 2.39. The molecule has 2 aromatic rings. The Labute approximate surface area is 111 Å². The molecule has 1 nitrogen and oxygen atoms in total. The maximum atomic E-state index is 6.15. The van der Waals surface area contributed by atoms with Gasteiger partial charge in [-0.05, 0) is 24.2 Å². The number of fused-ring (bicyclic) bond motifs is 1. The second-order valence-electron chi connectivity index (χ2n) is 4.59. The van der Waals surface area contributed by atoms with Crippen LogP contribution in [0, 0.1) is 0 Å². The number of halogens is 1. The van der Waals surface area contributed by atoms with Crippen LogP contribution in [0.4, 0.5) is 0 Å². The average molecular weight is 264 g/mol. The van der Waals surface area contributed by atoms with Gasteiger partial charge >= 0.3 is 0 Å². The van der Waals surface area contributed by atoms with E-state index < -0.39 is 0 Å². The molecule has 0 fully saturated rings. The Bertz CT molecular complexity index is 520. The SMILES string of the molecule is CN1Cc2sc(Cl)cc2[C@@H](c2ccccc2)C1. The minimum absolute atomic E-state index is 0.466. The third-order valence-electron chi connectivity index (χ3n) is 3.30. The molecule has 0 amide bonds. The van der Waals surface area contributed by atoms with E-state index in [9.17, 15) is 0 Å². The van der Waals surface area contributed by atoms with Crippen LogP contribution < -0.4 is 0 Å². The van der Waals surface area contributed by atoms with E-state index in [1.165, 1.54) is 16.0 Å². The standard InChI is InChI=1S/C14H14ClNS/c1-16-8-12(10-5-3-2-4-6-10)11-7-14(15)17-13(11)9-16/h2-7,12H,8-9H2,1H3/t12-/m1/s1. The molecule has 0 unspecified atom stereocenters. The van der Waals surface area contributed by atoms with Crippen LogP contribution in [0.15, 0.2) is 36.4 Å². The number of nitrogens with zero attached hydrogens (tertiary/aromatic N) is 1. The predicted molar refractivity (Wildman–Crippen MR) is 73.9 cm³/mol. The Morgan fingerprint density at radius 3 is 2.82 bits per heavy atom. The van der Waals surface area contributed by atoms with Gasteiger partial charge in [0.2, 0.25) is 0 Å². The second-order valence-corrected chi connectivity index (χ2v) is 6.36. The van der Waals surface area contributed by atoms with Gasteiger partial charge in [-0.1, -0.05) is 41.9 Å². The number of hydrogen-bond donors (Lipinski definition) is 0. The summed E-state index contributed by atoms with van der Waals surface area (Å²) in [6, 6.07) is 12.8. The minimum Gasteiger partial charge on any atom is -0.300 e. The molecule has 0 spiro atoms. The Morgan fingerprint density at radius 2 is 2.06 bits per heavy atom. The molecule has 1 aromatic heterocycles. The van der Waals surface area contributed by atoms with Gasteiger partial charge in [0.15, 0.2) is 0 Å². The monoisotopic (exact) mass is 263 g/mol. The minimum atomic E-state index is 0.466. The molecular weight excluding hydrogens is 250 g/mol. The van der Waals surface area contributed by atoms with E-state index in [2.05, 4.69) is 48.3 Å². The zero-order valence-corrected chi connectivity index (χ0v) is 11.3. The van der Waals surface area contributed by atoms with E-state index in [1.807, 2.05) is 0 Å². The summed E-state index contributed by atoms with van der Waals surface area (Å²) in [6.45, 7) is 2.10. The van der Waals surface area contributed by atoms with Crippen molar-refractivity contribution < 1.29 is 0 Å². The van der Waals surface area contributed by atoms with Crippen LogP contribution in [-0.2, 0) is 6.54 Å². The smallest absolute Gasteiger partial charge is 0.0934 e. The van der Waals surface area contributed by atoms with Crippen molar-refractivity contribution in [2.45, 2.75) is 12.5 Å². The quantitative estimate of drug-likeness (QED) is 0.752. The highest BCUT2D eigenvalue weighted by atomic mass is 35.5. The van der Waals surface area contributed by atoms with Gasteiger partial charge in [-0.2, -0.15) is 0 Å². The Hall–Kier alpha value is -0.830. The van der Waals surface area contributed by atoms with Crippen molar-refractivity contribution in [2.24, 2.45) is 0 Å². The van der Waals surface area contributed by atoms with E-state index in [4.69, 9.17) is 11.6 Å². The van der Waals surface area contributed by atoms with E-state index in [0.717, 1.165) is 17.4 Å². The third kappa shape index (κ3) is 2.13. The Balaban J connectivity index is 2.06. The molecule has 88 valence electrons. The van der Waals surface area contributed by atoms with Gasteiger partial charge in [0.05, 0.1) is 4.34 Å². The van der Waals surface area contributed by atoms with Crippen LogP contribution in [0.1, 0.15) is 21.9 Å². The lowest BCUT2D eigenvalue weighted by Crippen LogP contribution is -2.29. The molecule has 3 heteroatoms. The fourth-order valence-corrected chi connectivity index (χ4v) is 3.94. The van der Waals surface area contributed by atoms with E-state index in [1.54, 1.807) is 11.3 Å². The van der Waals surface area contributed by atoms with Crippen molar-refractivity contribution >= 4 is 22.9 Å². The number of benzene rings is 1. The first-order chi connectivity index (χ1) is 8.24. The Morgan fingerprint density at radius 1 is 1.29 bits per heavy atom. The van der Waals surface area contributed by atoms with E-state index in [0.29, 0.717) is 5.92 Å². The first-order valence-corrected chi connectivity index (χ1v) is 6.95. The van der Waals surface area contributed by atoms with Crippen molar-refractivity contribution in [3.8, 4) is 0 Å². The first-order valence-electron chi connectivity index (χ1n) is 5.75. The lowest BCUT2D eigenvalue weighted by Gasteiger charge is -2.30. The molecule has 1 aromatic carbocycles. The summed E-state index contributed by atoms with van der Waals surface area (Å²) < 4.78 is 0.909. The molecule has 0 saturated carbocycles. The lowest BCUT2D eigenvalue weighted by atomic mass is 9.89. The number of hydrogen-bond acceptors (Lipinski definition) is 2. The zero-order valence-electron chi connectivity index (χ0n) is 9.69. The van der Waals surface area contributed by atoms with Gasteiger partial charge in [-0.25, -0.2) is 0 Å². The van der Waals surface area contributed by atoms with Crippen LogP contribution in [-0.4, -0.2) is 18.5 Å². The van der Waals surface area contributed by atoms with Crippen molar-refractivity contribution in [3.05, 3.63) is 56.7 Å². The topological polar surface area (TPSA) is 3.24 Å². The van der Waals surface area contributed by atoms with Crippen molar-refractivity contribution in [2.75, 3.05) is 13.6 Å². The van der Waals surface area contributed by atoms with Gasteiger partial charge in [-0.3, -0.25) is 0 Å². The lowest BCUT2D eigenvalue weighted by molar-refractivity contribution is 0.299. The number of thiophene rings is 1. The molecule has 0 bridgehead atoms. The first kappa shape index (κ1) is 11.3. The summed E-state index contributed by atoms with van der Waals surface area (Å²) in [5, 5.41) is 0. The molecule has 1 atom stereocenters. The molecule has 0 N–H and O–H groups in total. The van der Waals surface area contributed by atoms with Gasteiger partial charge < -0.3 is 4.90 Å². The van der Waals surface area contributed by atoms with E-state index in [-0.39, 0.29) is 0 Å². The van der Waals surface area contributed by atoms with Crippen LogP contribution in [0.3, 0.4) is 0 Å². The molecule has 0 aliphatic carbocycles. The zero-order chi connectivity index (χ0) is 11.8. The van der Waals surface area contributed by atoms with Crippen LogP contribution in [0.2, 0.25) is 4.34 Å². The maximum Gasteiger partial charge on any atom is 0.0934 e. The molecule has 0 radical (unpaired) electrons. The summed E-state index contributed by atoms with van der Waals surface area (Å²) in [5.41, 5.74) is 2.80. The van der Waals surface area contributed by atoms with Crippen molar-refractivity contribution in [1.82, 2.24) is 4.90 Å². The predicted octanol–water partition coefficient (Wildman–Crippen LogP) is 3.98. The highest BCUT2D eigenvalue weighted by molar-refractivity contribution is 7.16. The van der Waals surface area contributed by atoms with Crippen molar-refractivity contribution in [3.63, 3.8) is 0 Å². The number of rotatable bonds is 1.